The van der Waals surface area contributed by atoms with E-state index in [0.29, 0.717) is 18.9 Å². The SMILES string of the molecule is Cc1nc(CC(=O)N2CCC[C@H](c3nc(N(C)C)ncc3-c3cccc(F)c3)C2)cs1. The van der Waals surface area contributed by atoms with Gasteiger partial charge in [-0.3, -0.25) is 4.79 Å². The number of aryl methyl sites for hydroxylation is 1. The number of thiazole rings is 1. The van der Waals surface area contributed by atoms with Crippen molar-refractivity contribution in [2.24, 2.45) is 0 Å². The first kappa shape index (κ1) is 21.4. The van der Waals surface area contributed by atoms with E-state index in [-0.39, 0.29) is 17.6 Å². The Labute approximate surface area is 185 Å². The molecule has 0 N–H and O–H groups in total. The number of rotatable bonds is 5. The van der Waals surface area contributed by atoms with E-state index in [1.54, 1.807) is 23.6 Å². The Morgan fingerprint density at radius 1 is 1.32 bits per heavy atom. The fourth-order valence-electron chi connectivity index (χ4n) is 3.97. The second-order valence-corrected chi connectivity index (χ2v) is 9.15. The number of piperidine rings is 1. The van der Waals surface area contributed by atoms with Crippen LogP contribution in [0.4, 0.5) is 10.3 Å². The highest BCUT2D eigenvalue weighted by Gasteiger charge is 2.28. The Morgan fingerprint density at radius 2 is 2.16 bits per heavy atom. The number of hydrogen-bond donors (Lipinski definition) is 0. The molecule has 4 rings (SSSR count). The maximum Gasteiger partial charge on any atom is 0.228 e. The molecule has 1 fully saturated rings. The molecule has 1 saturated heterocycles. The minimum Gasteiger partial charge on any atom is -0.347 e. The van der Waals surface area contributed by atoms with Crippen LogP contribution in [-0.4, -0.2) is 52.9 Å². The predicted molar refractivity (Wildman–Crippen MR) is 121 cm³/mol. The summed E-state index contributed by atoms with van der Waals surface area (Å²) in [6.45, 7) is 3.27. The highest BCUT2D eigenvalue weighted by atomic mass is 32.1. The summed E-state index contributed by atoms with van der Waals surface area (Å²) in [7, 11) is 3.79. The summed E-state index contributed by atoms with van der Waals surface area (Å²) in [5, 5.41) is 2.92. The van der Waals surface area contributed by atoms with E-state index in [1.807, 2.05) is 42.3 Å². The Bertz CT molecular complexity index is 1080. The highest BCUT2D eigenvalue weighted by Crippen LogP contribution is 2.34. The number of benzene rings is 1. The van der Waals surface area contributed by atoms with Crippen molar-refractivity contribution in [3.05, 3.63) is 58.1 Å². The van der Waals surface area contributed by atoms with Gasteiger partial charge in [-0.1, -0.05) is 12.1 Å². The molecule has 0 aliphatic carbocycles. The Balaban J connectivity index is 1.62. The van der Waals surface area contributed by atoms with Gasteiger partial charge in [-0.2, -0.15) is 0 Å². The Hall–Kier alpha value is -2.87. The summed E-state index contributed by atoms with van der Waals surface area (Å²) in [5.74, 6) is 0.467. The fraction of sp³-hybridized carbons (Fsp3) is 0.391. The average molecular weight is 440 g/mol. The van der Waals surface area contributed by atoms with Crippen molar-refractivity contribution in [1.29, 1.82) is 0 Å². The number of aromatic nitrogens is 3. The number of anilines is 1. The van der Waals surface area contributed by atoms with Crippen molar-refractivity contribution < 1.29 is 9.18 Å². The minimum atomic E-state index is -0.292. The van der Waals surface area contributed by atoms with Crippen molar-refractivity contribution in [2.75, 3.05) is 32.1 Å². The van der Waals surface area contributed by atoms with Crippen LogP contribution in [0.1, 0.15) is 35.2 Å². The molecule has 3 aromatic rings. The molecule has 1 aliphatic heterocycles. The summed E-state index contributed by atoms with van der Waals surface area (Å²) in [5.41, 5.74) is 3.26. The molecule has 0 saturated carbocycles. The topological polar surface area (TPSA) is 62.2 Å². The summed E-state index contributed by atoms with van der Waals surface area (Å²) >= 11 is 1.56. The van der Waals surface area contributed by atoms with Crippen molar-refractivity contribution >= 4 is 23.2 Å². The first-order chi connectivity index (χ1) is 14.9. The molecule has 0 radical (unpaired) electrons. The molecule has 162 valence electrons. The van der Waals surface area contributed by atoms with Crippen LogP contribution in [0.15, 0.2) is 35.8 Å². The smallest absolute Gasteiger partial charge is 0.228 e. The van der Waals surface area contributed by atoms with Gasteiger partial charge in [-0.15, -0.1) is 11.3 Å². The van der Waals surface area contributed by atoms with Crippen LogP contribution in [0.3, 0.4) is 0 Å². The summed E-state index contributed by atoms with van der Waals surface area (Å²) in [6.07, 6.45) is 3.91. The molecule has 1 aliphatic rings. The summed E-state index contributed by atoms with van der Waals surface area (Å²) in [6, 6.07) is 6.50. The summed E-state index contributed by atoms with van der Waals surface area (Å²) in [4.78, 5) is 30.4. The lowest BCUT2D eigenvalue weighted by atomic mass is 9.89. The summed E-state index contributed by atoms with van der Waals surface area (Å²) < 4.78 is 13.9. The molecular weight excluding hydrogens is 413 g/mol. The largest absolute Gasteiger partial charge is 0.347 e. The minimum absolute atomic E-state index is 0.0647. The van der Waals surface area contributed by atoms with E-state index in [4.69, 9.17) is 4.98 Å². The number of halogens is 1. The molecule has 1 atom stereocenters. The van der Waals surface area contributed by atoms with Crippen LogP contribution < -0.4 is 4.90 Å². The van der Waals surface area contributed by atoms with Gasteiger partial charge in [0.1, 0.15) is 5.82 Å². The third-order valence-corrected chi connectivity index (χ3v) is 6.32. The predicted octanol–water partition coefficient (Wildman–Crippen LogP) is 4.06. The highest BCUT2D eigenvalue weighted by molar-refractivity contribution is 7.09. The third kappa shape index (κ3) is 4.90. The molecule has 31 heavy (non-hydrogen) atoms. The number of likely N-dealkylation sites (tertiary alicyclic amines) is 1. The van der Waals surface area contributed by atoms with Gasteiger partial charge in [0, 0.05) is 50.2 Å². The molecule has 1 amide bonds. The number of nitrogens with zero attached hydrogens (tertiary/aromatic N) is 5. The third-order valence-electron chi connectivity index (χ3n) is 5.50. The quantitative estimate of drug-likeness (QED) is 0.600. The zero-order valence-corrected chi connectivity index (χ0v) is 18.8. The molecule has 8 heteroatoms. The van der Waals surface area contributed by atoms with Gasteiger partial charge in [0.05, 0.1) is 22.8 Å². The first-order valence-corrected chi connectivity index (χ1v) is 11.3. The molecule has 2 aromatic heterocycles. The van der Waals surface area contributed by atoms with Gasteiger partial charge in [0.25, 0.3) is 0 Å². The molecular formula is C23H26FN5OS. The lowest BCUT2D eigenvalue weighted by Gasteiger charge is -2.33. The van der Waals surface area contributed by atoms with E-state index in [9.17, 15) is 9.18 Å². The zero-order valence-electron chi connectivity index (χ0n) is 18.0. The Kier molecular flexibility index (Phi) is 6.27. The lowest BCUT2D eigenvalue weighted by Crippen LogP contribution is -2.40. The normalized spacial score (nSPS) is 16.4. The van der Waals surface area contributed by atoms with Gasteiger partial charge in [-0.25, -0.2) is 19.3 Å². The molecule has 3 heterocycles. The second-order valence-electron chi connectivity index (χ2n) is 8.09. The van der Waals surface area contributed by atoms with Crippen molar-refractivity contribution in [3.8, 4) is 11.1 Å². The maximum atomic E-state index is 13.9. The molecule has 0 bridgehead atoms. The molecule has 1 aromatic carbocycles. The molecule has 6 nitrogen and oxygen atoms in total. The van der Waals surface area contributed by atoms with Crippen molar-refractivity contribution in [2.45, 2.75) is 32.1 Å². The van der Waals surface area contributed by atoms with E-state index < -0.39 is 0 Å². The second kappa shape index (κ2) is 9.09. The van der Waals surface area contributed by atoms with Crippen LogP contribution in [-0.2, 0) is 11.2 Å². The van der Waals surface area contributed by atoms with E-state index in [1.165, 1.54) is 12.1 Å². The van der Waals surface area contributed by atoms with Crippen LogP contribution in [0.25, 0.3) is 11.1 Å². The monoisotopic (exact) mass is 439 g/mol. The standard InChI is InChI=1S/C23H26FN5OS/c1-15-26-19(14-31-15)11-21(30)29-9-5-7-17(13-29)22-20(12-25-23(27-22)28(2)3)16-6-4-8-18(24)10-16/h4,6,8,10,12,14,17H,5,7,9,11,13H2,1-3H3/t17-/m0/s1. The fourth-order valence-corrected chi connectivity index (χ4v) is 4.59. The maximum absolute atomic E-state index is 13.9. The number of carbonyl (C=O) groups excluding carboxylic acids is 1. The first-order valence-electron chi connectivity index (χ1n) is 10.4. The number of amides is 1. The van der Waals surface area contributed by atoms with Crippen LogP contribution in [0.2, 0.25) is 0 Å². The van der Waals surface area contributed by atoms with E-state index >= 15 is 0 Å². The number of hydrogen-bond acceptors (Lipinski definition) is 6. The van der Waals surface area contributed by atoms with Gasteiger partial charge < -0.3 is 9.80 Å². The van der Waals surface area contributed by atoms with Gasteiger partial charge in [0.2, 0.25) is 11.9 Å². The van der Waals surface area contributed by atoms with Gasteiger partial charge in [-0.05, 0) is 37.5 Å². The van der Waals surface area contributed by atoms with E-state index in [2.05, 4.69) is 9.97 Å². The molecule has 0 spiro atoms. The van der Waals surface area contributed by atoms with Crippen LogP contribution in [0.5, 0.6) is 0 Å². The van der Waals surface area contributed by atoms with Gasteiger partial charge >= 0.3 is 0 Å². The average Bonchev–Trinajstić information content (AvgIpc) is 3.17. The van der Waals surface area contributed by atoms with Gasteiger partial charge in [0.15, 0.2) is 0 Å². The van der Waals surface area contributed by atoms with Crippen molar-refractivity contribution in [3.63, 3.8) is 0 Å². The zero-order chi connectivity index (χ0) is 22.0. The Morgan fingerprint density at radius 3 is 2.87 bits per heavy atom. The van der Waals surface area contributed by atoms with Crippen LogP contribution >= 0.6 is 11.3 Å². The lowest BCUT2D eigenvalue weighted by molar-refractivity contribution is -0.131. The van der Waals surface area contributed by atoms with Crippen molar-refractivity contribution in [1.82, 2.24) is 19.9 Å². The number of carbonyl (C=O) groups is 1. The molecule has 0 unspecified atom stereocenters. The van der Waals surface area contributed by atoms with E-state index in [0.717, 1.165) is 46.9 Å². The van der Waals surface area contributed by atoms with Crippen LogP contribution in [0, 0.1) is 12.7 Å².